The molecule has 1 saturated carbocycles. The van der Waals surface area contributed by atoms with Crippen LogP contribution in [0.4, 0.5) is 17.2 Å². The zero-order valence-electron chi connectivity index (χ0n) is 31.7. The molecule has 1 N–H and O–H groups in total. The summed E-state index contributed by atoms with van der Waals surface area (Å²) in [6.07, 6.45) is 6.02. The quantitative estimate of drug-likeness (QED) is 0.0745. The molecule has 3 fully saturated rings. The number of carbonyl (C=O) groups excluding carboxylic acids is 4. The summed E-state index contributed by atoms with van der Waals surface area (Å²) in [6.45, 7) is 3.79. The van der Waals surface area contributed by atoms with Crippen LogP contribution in [0.15, 0.2) is 84.5 Å². The molecule has 2 aromatic heterocycles. The van der Waals surface area contributed by atoms with E-state index in [1.54, 1.807) is 48.2 Å². The van der Waals surface area contributed by atoms with E-state index in [1.807, 2.05) is 43.4 Å². The lowest BCUT2D eigenvalue weighted by Crippen LogP contribution is -2.49. The van der Waals surface area contributed by atoms with Crippen molar-refractivity contribution in [3.8, 4) is 22.1 Å². The minimum absolute atomic E-state index is 0.0372. The molecular formula is C43H36ClN5O8S. The lowest BCUT2D eigenvalue weighted by Gasteiger charge is -2.47. The third kappa shape index (κ3) is 5.45. The molecule has 2 saturated heterocycles. The van der Waals surface area contributed by atoms with E-state index in [2.05, 4.69) is 0 Å². The van der Waals surface area contributed by atoms with Crippen LogP contribution in [0.5, 0.6) is 11.5 Å². The summed E-state index contributed by atoms with van der Waals surface area (Å²) in [4.78, 5) is 72.3. The average Bonchev–Trinajstić information content (AvgIpc) is 3.88. The molecule has 6 atom stereocenters. The number of carbonyl (C=O) groups is 4. The standard InChI is InChI=1S/C43H36ClN5O8S/c1-21-28-18-23(44)7-16-35(28)58-38(21)32-20-36(46(3)45-32)48-40(52)31-19-29-26(30(43(31,2)42(48)54)14-5-22-6-15-33(50)34(17-22)57-4)12-13-27-37(29)41(53)47(39(27)51)24-8-10-25(11-9-24)49(55)56/h5-12,14-18,20,27,29-31,37,50H,13,19H2,1-4H3. The van der Waals surface area contributed by atoms with Gasteiger partial charge in [-0.15, -0.1) is 11.3 Å². The number of nitrogens with zero attached hydrogens (tertiary/aromatic N) is 5. The molecule has 4 aliphatic rings. The molecule has 2 aliphatic heterocycles. The normalized spacial score (nSPS) is 25.4. The number of aryl methyl sites for hydroxylation is 2. The Morgan fingerprint density at radius 2 is 1.76 bits per heavy atom. The molecule has 294 valence electrons. The van der Waals surface area contributed by atoms with E-state index in [0.717, 1.165) is 31.0 Å². The van der Waals surface area contributed by atoms with Crippen LogP contribution >= 0.6 is 22.9 Å². The van der Waals surface area contributed by atoms with Gasteiger partial charge in [-0.05, 0) is 91.6 Å². The van der Waals surface area contributed by atoms with Crippen LogP contribution in [0.25, 0.3) is 26.7 Å². The molecule has 58 heavy (non-hydrogen) atoms. The van der Waals surface area contributed by atoms with Crippen LogP contribution in [0.1, 0.15) is 30.9 Å². The molecule has 4 amide bonds. The van der Waals surface area contributed by atoms with Gasteiger partial charge >= 0.3 is 0 Å². The number of phenolic OH excluding ortho intramolecular Hbond substituents is 1. The molecule has 2 aliphatic carbocycles. The molecule has 0 radical (unpaired) electrons. The first-order chi connectivity index (χ1) is 27.7. The van der Waals surface area contributed by atoms with Crippen molar-refractivity contribution < 1.29 is 33.9 Å². The number of fused-ring (bicyclic) bond motifs is 5. The van der Waals surface area contributed by atoms with Crippen LogP contribution in [0, 0.1) is 52.0 Å². The highest BCUT2D eigenvalue weighted by molar-refractivity contribution is 7.22. The van der Waals surface area contributed by atoms with Gasteiger partial charge in [0, 0.05) is 40.9 Å². The van der Waals surface area contributed by atoms with Crippen molar-refractivity contribution in [1.29, 1.82) is 0 Å². The number of methoxy groups -OCH3 is 1. The van der Waals surface area contributed by atoms with E-state index in [1.165, 1.54) is 42.3 Å². The van der Waals surface area contributed by atoms with E-state index in [9.17, 15) is 29.6 Å². The molecular weight excluding hydrogens is 782 g/mol. The van der Waals surface area contributed by atoms with Gasteiger partial charge in [0.15, 0.2) is 11.5 Å². The van der Waals surface area contributed by atoms with Crippen LogP contribution < -0.4 is 14.5 Å². The first kappa shape index (κ1) is 37.5. The van der Waals surface area contributed by atoms with E-state index >= 15 is 4.79 Å². The summed E-state index contributed by atoms with van der Waals surface area (Å²) in [7, 11) is 3.14. The molecule has 9 rings (SSSR count). The lowest BCUT2D eigenvalue weighted by molar-refractivity contribution is -0.384. The van der Waals surface area contributed by atoms with Gasteiger partial charge in [-0.2, -0.15) is 5.10 Å². The van der Waals surface area contributed by atoms with Crippen LogP contribution in [-0.2, 0) is 26.2 Å². The summed E-state index contributed by atoms with van der Waals surface area (Å²) < 4.78 is 7.90. The first-order valence-electron chi connectivity index (χ1n) is 18.7. The Balaban J connectivity index is 1.13. The molecule has 15 heteroatoms. The SMILES string of the molecule is COc1cc(C=CC2C3=CCC4C(=O)N(c5ccc([N+](=O)[O-])cc5)C(=O)C4C3CC3C(=O)N(c4cc(-c5sc6ccc(Cl)cc6c5C)nn4C)C(=O)C23C)ccc1O. The molecule has 0 bridgehead atoms. The average molecular weight is 818 g/mol. The van der Waals surface area contributed by atoms with Crippen molar-refractivity contribution in [2.24, 2.45) is 42.1 Å². The Bertz CT molecular complexity index is 2700. The van der Waals surface area contributed by atoms with Gasteiger partial charge < -0.3 is 9.84 Å². The van der Waals surface area contributed by atoms with Crippen LogP contribution in [0.2, 0.25) is 5.02 Å². The number of rotatable bonds is 7. The smallest absolute Gasteiger partial charge is 0.269 e. The number of non-ortho nitro benzene ring substituents is 1. The maximum absolute atomic E-state index is 15.1. The number of halogens is 1. The molecule has 6 unspecified atom stereocenters. The second kappa shape index (κ2) is 13.5. The predicted molar refractivity (Wildman–Crippen MR) is 218 cm³/mol. The Morgan fingerprint density at radius 1 is 1.00 bits per heavy atom. The van der Waals surface area contributed by atoms with Crippen molar-refractivity contribution in [2.45, 2.75) is 26.7 Å². The number of anilines is 2. The van der Waals surface area contributed by atoms with Crippen molar-refractivity contribution in [3.05, 3.63) is 111 Å². The number of allylic oxidation sites excluding steroid dienone is 3. The number of benzene rings is 3. The number of ether oxygens (including phenoxy) is 1. The van der Waals surface area contributed by atoms with Gasteiger partial charge in [0.2, 0.25) is 23.6 Å². The molecule has 13 nitrogen and oxygen atoms in total. The van der Waals surface area contributed by atoms with E-state index in [-0.39, 0.29) is 35.7 Å². The summed E-state index contributed by atoms with van der Waals surface area (Å²) in [5.74, 6) is -4.78. The van der Waals surface area contributed by atoms with E-state index < -0.39 is 63.6 Å². The number of thiophene rings is 1. The summed E-state index contributed by atoms with van der Waals surface area (Å²) in [5.41, 5.74) is 1.82. The summed E-state index contributed by atoms with van der Waals surface area (Å²) in [6, 6.07) is 17.6. The first-order valence-corrected chi connectivity index (χ1v) is 19.9. The number of imide groups is 2. The highest BCUT2D eigenvalue weighted by Crippen LogP contribution is 2.61. The Hall–Kier alpha value is -6.12. The number of phenols is 1. The fraction of sp³-hybridized carbons (Fsp3) is 0.279. The molecule has 5 aromatic rings. The second-order valence-corrected chi connectivity index (χ2v) is 17.0. The maximum atomic E-state index is 15.1. The van der Waals surface area contributed by atoms with Crippen LogP contribution in [-0.4, -0.2) is 50.5 Å². The molecule has 0 spiro atoms. The van der Waals surface area contributed by atoms with Crippen molar-refractivity contribution >= 4 is 79.9 Å². The highest BCUT2D eigenvalue weighted by Gasteiger charge is 2.67. The fourth-order valence-electron chi connectivity index (χ4n) is 9.64. The zero-order chi connectivity index (χ0) is 40.9. The predicted octanol–water partition coefficient (Wildman–Crippen LogP) is 7.87. The largest absolute Gasteiger partial charge is 0.504 e. The van der Waals surface area contributed by atoms with E-state index in [4.69, 9.17) is 21.4 Å². The number of nitro groups is 1. The number of aromatic hydroxyl groups is 1. The van der Waals surface area contributed by atoms with Gasteiger partial charge in [-0.25, -0.2) is 4.90 Å². The van der Waals surface area contributed by atoms with Gasteiger partial charge in [-0.3, -0.25) is 38.9 Å². The Morgan fingerprint density at radius 3 is 2.48 bits per heavy atom. The second-order valence-electron chi connectivity index (χ2n) is 15.5. The molecule has 3 aromatic carbocycles. The topological polar surface area (TPSA) is 165 Å². The fourth-order valence-corrected chi connectivity index (χ4v) is 11.0. The lowest BCUT2D eigenvalue weighted by atomic mass is 9.52. The van der Waals surface area contributed by atoms with Crippen molar-refractivity contribution in [2.75, 3.05) is 16.9 Å². The highest BCUT2D eigenvalue weighted by atomic mass is 35.5. The Kier molecular flexibility index (Phi) is 8.71. The van der Waals surface area contributed by atoms with Gasteiger partial charge in [0.25, 0.3) is 5.69 Å². The maximum Gasteiger partial charge on any atom is 0.269 e. The third-order valence-electron chi connectivity index (χ3n) is 12.6. The van der Waals surface area contributed by atoms with Gasteiger partial charge in [0.1, 0.15) is 11.5 Å². The third-order valence-corrected chi connectivity index (χ3v) is 14.1. The van der Waals surface area contributed by atoms with Gasteiger partial charge in [0.05, 0.1) is 45.8 Å². The van der Waals surface area contributed by atoms with Crippen molar-refractivity contribution in [3.63, 3.8) is 0 Å². The van der Waals surface area contributed by atoms with Crippen LogP contribution in [0.3, 0.4) is 0 Å². The number of aromatic nitrogens is 2. The summed E-state index contributed by atoms with van der Waals surface area (Å²) in [5, 5.41) is 28.0. The Labute approximate surface area is 340 Å². The number of amides is 4. The zero-order valence-corrected chi connectivity index (χ0v) is 33.3. The molecule has 4 heterocycles. The number of hydrogen-bond donors (Lipinski definition) is 1. The van der Waals surface area contributed by atoms with E-state index in [0.29, 0.717) is 22.1 Å². The summed E-state index contributed by atoms with van der Waals surface area (Å²) >= 11 is 7.86. The van der Waals surface area contributed by atoms with Gasteiger partial charge in [-0.1, -0.05) is 41.5 Å². The minimum Gasteiger partial charge on any atom is -0.504 e. The minimum atomic E-state index is -1.29. The number of nitro benzene ring substituents is 1. The monoisotopic (exact) mass is 817 g/mol. The number of hydrogen-bond acceptors (Lipinski definition) is 10. The van der Waals surface area contributed by atoms with Crippen molar-refractivity contribution in [1.82, 2.24) is 9.78 Å².